The Hall–Kier alpha value is -1.13. The molecule has 2 rings (SSSR count). The molecule has 1 aromatic carbocycles. The molecule has 84 valence electrons. The fourth-order valence-corrected chi connectivity index (χ4v) is 2.06. The van der Waals surface area contributed by atoms with Crippen molar-refractivity contribution in [2.45, 2.75) is 13.5 Å². The van der Waals surface area contributed by atoms with E-state index in [1.807, 2.05) is 0 Å². The summed E-state index contributed by atoms with van der Waals surface area (Å²) in [6.07, 6.45) is 1.65. The second-order valence-corrected chi connectivity index (χ2v) is 4.98. The minimum atomic E-state index is -0.264. The maximum atomic E-state index is 13.2. The van der Waals surface area contributed by atoms with Gasteiger partial charge in [0.2, 0.25) is 0 Å². The highest BCUT2D eigenvalue weighted by atomic mass is 35.5. The number of aromatic nitrogens is 1. The molecule has 2 nitrogen and oxygen atoms in total. The lowest BCUT2D eigenvalue weighted by molar-refractivity contribution is 0.308. The molecule has 16 heavy (non-hydrogen) atoms. The van der Waals surface area contributed by atoms with E-state index >= 15 is 0 Å². The third-order valence-corrected chi connectivity index (χ3v) is 3.14. The molecule has 1 heterocycles. The molecule has 0 bridgehead atoms. The van der Waals surface area contributed by atoms with Crippen LogP contribution in [0.4, 0.5) is 4.39 Å². The van der Waals surface area contributed by atoms with Crippen molar-refractivity contribution < 1.29 is 9.13 Å². The molecule has 0 amide bonds. The number of aryl methyl sites for hydroxylation is 1. The predicted octanol–water partition coefficient (Wildman–Crippen LogP) is 3.82. The third-order valence-electron chi connectivity index (χ3n) is 2.05. The largest absolute Gasteiger partial charge is 0.488 e. The summed E-state index contributed by atoms with van der Waals surface area (Å²) in [6, 6.07) is 4.79. The fourth-order valence-electron chi connectivity index (χ4n) is 1.17. The van der Waals surface area contributed by atoms with E-state index in [0.717, 1.165) is 4.88 Å². The summed E-state index contributed by atoms with van der Waals surface area (Å²) in [6.45, 7) is 2.06. The topological polar surface area (TPSA) is 22.1 Å². The molecule has 0 aliphatic rings. The Bertz CT molecular complexity index is 500. The Morgan fingerprint density at radius 3 is 2.94 bits per heavy atom. The molecular formula is C11H9ClFNOS. The maximum absolute atomic E-state index is 13.2. The lowest BCUT2D eigenvalue weighted by atomic mass is 10.2. The first-order valence-electron chi connectivity index (χ1n) is 4.64. The van der Waals surface area contributed by atoms with E-state index in [2.05, 4.69) is 4.98 Å². The first kappa shape index (κ1) is 11.4. The highest BCUT2D eigenvalue weighted by Crippen LogP contribution is 2.21. The van der Waals surface area contributed by atoms with Gasteiger partial charge in [0.1, 0.15) is 18.2 Å². The first-order chi connectivity index (χ1) is 7.65. The molecule has 1 aromatic heterocycles. The van der Waals surface area contributed by atoms with Crippen LogP contribution in [0.2, 0.25) is 4.47 Å². The summed E-state index contributed by atoms with van der Waals surface area (Å²) in [5.41, 5.74) is 0.605. The summed E-state index contributed by atoms with van der Waals surface area (Å²) in [7, 11) is 0. The Morgan fingerprint density at radius 2 is 2.31 bits per heavy atom. The number of halogens is 2. The van der Waals surface area contributed by atoms with Crippen molar-refractivity contribution in [3.05, 3.63) is 45.1 Å². The van der Waals surface area contributed by atoms with Crippen molar-refractivity contribution in [1.82, 2.24) is 4.98 Å². The van der Waals surface area contributed by atoms with E-state index in [1.54, 1.807) is 25.3 Å². The normalized spacial score (nSPS) is 10.4. The summed E-state index contributed by atoms with van der Waals surface area (Å²) < 4.78 is 19.1. The van der Waals surface area contributed by atoms with Gasteiger partial charge in [-0.15, -0.1) is 11.3 Å². The van der Waals surface area contributed by atoms with Crippen molar-refractivity contribution in [1.29, 1.82) is 0 Å². The number of hydrogen-bond acceptors (Lipinski definition) is 3. The smallest absolute Gasteiger partial charge is 0.183 e. The molecule has 0 fully saturated rings. The van der Waals surface area contributed by atoms with Crippen LogP contribution in [-0.4, -0.2) is 4.98 Å². The van der Waals surface area contributed by atoms with Crippen LogP contribution < -0.4 is 4.74 Å². The molecule has 0 N–H and O–H groups in total. The molecule has 0 aliphatic carbocycles. The molecule has 2 aromatic rings. The van der Waals surface area contributed by atoms with Gasteiger partial charge in [0, 0.05) is 12.3 Å². The molecule has 0 saturated carbocycles. The van der Waals surface area contributed by atoms with Crippen LogP contribution in [0.15, 0.2) is 24.4 Å². The highest BCUT2D eigenvalue weighted by molar-refractivity contribution is 7.15. The quantitative estimate of drug-likeness (QED) is 0.834. The van der Waals surface area contributed by atoms with Gasteiger partial charge in [0.25, 0.3) is 0 Å². The number of hydrogen-bond donors (Lipinski definition) is 0. The fraction of sp³-hybridized carbons (Fsp3) is 0.182. The minimum absolute atomic E-state index is 0.264. The molecule has 0 unspecified atom stereocenters. The van der Waals surface area contributed by atoms with Crippen LogP contribution >= 0.6 is 22.9 Å². The average molecular weight is 258 g/mol. The monoisotopic (exact) mass is 257 g/mol. The zero-order chi connectivity index (χ0) is 11.5. The minimum Gasteiger partial charge on any atom is -0.488 e. The maximum Gasteiger partial charge on any atom is 0.183 e. The Morgan fingerprint density at radius 1 is 1.50 bits per heavy atom. The highest BCUT2D eigenvalue weighted by Gasteiger charge is 2.03. The molecule has 0 saturated heterocycles. The van der Waals surface area contributed by atoms with Gasteiger partial charge in [0.05, 0.1) is 4.88 Å². The zero-order valence-corrected chi connectivity index (χ0v) is 10.1. The first-order valence-corrected chi connectivity index (χ1v) is 5.84. The van der Waals surface area contributed by atoms with Crippen LogP contribution in [0.5, 0.6) is 5.75 Å². The van der Waals surface area contributed by atoms with Crippen LogP contribution in [0, 0.1) is 12.7 Å². The van der Waals surface area contributed by atoms with Gasteiger partial charge < -0.3 is 4.74 Å². The van der Waals surface area contributed by atoms with Gasteiger partial charge in [-0.05, 0) is 18.6 Å². The number of benzene rings is 1. The van der Waals surface area contributed by atoms with Crippen molar-refractivity contribution in [3.8, 4) is 5.75 Å². The van der Waals surface area contributed by atoms with E-state index < -0.39 is 0 Å². The summed E-state index contributed by atoms with van der Waals surface area (Å²) in [5.74, 6) is 0.243. The molecular weight excluding hydrogens is 249 g/mol. The molecule has 0 aliphatic heterocycles. The third kappa shape index (κ3) is 2.71. The molecule has 0 radical (unpaired) electrons. The van der Waals surface area contributed by atoms with Crippen LogP contribution in [0.3, 0.4) is 0 Å². The lowest BCUT2D eigenvalue weighted by Crippen LogP contribution is -1.94. The van der Waals surface area contributed by atoms with E-state index in [1.165, 1.54) is 17.4 Å². The lowest BCUT2D eigenvalue weighted by Gasteiger charge is -2.05. The van der Waals surface area contributed by atoms with E-state index in [0.29, 0.717) is 22.4 Å². The van der Waals surface area contributed by atoms with Crippen molar-refractivity contribution in [2.24, 2.45) is 0 Å². The van der Waals surface area contributed by atoms with Crippen molar-refractivity contribution in [3.63, 3.8) is 0 Å². The predicted molar refractivity (Wildman–Crippen MR) is 62.6 cm³/mol. The van der Waals surface area contributed by atoms with E-state index in [-0.39, 0.29) is 5.82 Å². The van der Waals surface area contributed by atoms with Gasteiger partial charge in [-0.3, -0.25) is 0 Å². The second-order valence-electron chi connectivity index (χ2n) is 3.28. The summed E-state index contributed by atoms with van der Waals surface area (Å²) in [5, 5.41) is 0. The van der Waals surface area contributed by atoms with Gasteiger partial charge in [0.15, 0.2) is 4.47 Å². The number of nitrogens with zero attached hydrogens (tertiary/aromatic N) is 1. The second kappa shape index (κ2) is 4.80. The Kier molecular flexibility index (Phi) is 3.41. The molecule has 0 spiro atoms. The van der Waals surface area contributed by atoms with E-state index in [4.69, 9.17) is 16.3 Å². The number of rotatable bonds is 3. The van der Waals surface area contributed by atoms with Crippen molar-refractivity contribution >= 4 is 22.9 Å². The van der Waals surface area contributed by atoms with Gasteiger partial charge in [-0.25, -0.2) is 9.37 Å². The Balaban J connectivity index is 2.02. The van der Waals surface area contributed by atoms with Gasteiger partial charge >= 0.3 is 0 Å². The SMILES string of the molecule is Cc1ccc(OCc2cnc(Cl)s2)cc1F. The molecule has 5 heteroatoms. The summed E-state index contributed by atoms with van der Waals surface area (Å²) >= 11 is 7.03. The number of ether oxygens (including phenoxy) is 1. The van der Waals surface area contributed by atoms with Crippen LogP contribution in [0.1, 0.15) is 10.4 Å². The van der Waals surface area contributed by atoms with E-state index in [9.17, 15) is 4.39 Å². The Labute approximate surface area is 102 Å². The standard InChI is InChI=1S/C11H9ClFNOS/c1-7-2-3-8(4-10(7)13)15-6-9-5-14-11(12)16-9/h2-5H,6H2,1H3. The van der Waals surface area contributed by atoms with Gasteiger partial charge in [-0.1, -0.05) is 17.7 Å². The van der Waals surface area contributed by atoms with Crippen LogP contribution in [-0.2, 0) is 6.61 Å². The van der Waals surface area contributed by atoms with Crippen LogP contribution in [0.25, 0.3) is 0 Å². The zero-order valence-electron chi connectivity index (χ0n) is 8.54. The number of thiazole rings is 1. The van der Waals surface area contributed by atoms with Crippen molar-refractivity contribution in [2.75, 3.05) is 0 Å². The summed E-state index contributed by atoms with van der Waals surface area (Å²) in [4.78, 5) is 4.80. The van der Waals surface area contributed by atoms with Gasteiger partial charge in [-0.2, -0.15) is 0 Å². The average Bonchev–Trinajstić information content (AvgIpc) is 2.66. The molecule has 0 atom stereocenters.